The Bertz CT molecular complexity index is 446. The summed E-state index contributed by atoms with van der Waals surface area (Å²) in [7, 11) is 0. The summed E-state index contributed by atoms with van der Waals surface area (Å²) in [6.07, 6.45) is -4.35. The van der Waals surface area contributed by atoms with Gasteiger partial charge in [0.2, 0.25) is 0 Å². The van der Waals surface area contributed by atoms with E-state index in [0.29, 0.717) is 10.0 Å². The molecule has 7 heteroatoms. The van der Waals surface area contributed by atoms with Crippen molar-refractivity contribution in [1.82, 2.24) is 0 Å². The van der Waals surface area contributed by atoms with Crippen molar-refractivity contribution in [2.24, 2.45) is 0 Å². The van der Waals surface area contributed by atoms with E-state index in [0.717, 1.165) is 0 Å². The average molecular weight is 341 g/mol. The highest BCUT2D eigenvalue weighted by Crippen LogP contribution is 2.27. The van der Waals surface area contributed by atoms with Crippen LogP contribution >= 0.6 is 15.9 Å². The highest BCUT2D eigenvalue weighted by molar-refractivity contribution is 9.10. The van der Waals surface area contributed by atoms with Crippen molar-refractivity contribution in [3.63, 3.8) is 0 Å². The Morgan fingerprint density at radius 1 is 1.32 bits per heavy atom. The summed E-state index contributed by atoms with van der Waals surface area (Å²) in [6, 6.07) is 4.08. The molecular weight excluding hydrogens is 329 g/mol. The molecule has 0 aliphatic rings. The molecule has 1 rings (SSSR count). The zero-order chi connectivity index (χ0) is 14.5. The molecule has 0 amide bonds. The van der Waals surface area contributed by atoms with Gasteiger partial charge in [0.1, 0.15) is 5.75 Å². The average Bonchev–Trinajstić information content (AvgIpc) is 2.23. The fourth-order valence-electron chi connectivity index (χ4n) is 1.44. The first-order valence-corrected chi connectivity index (χ1v) is 6.30. The molecule has 0 bridgehead atoms. The fourth-order valence-corrected chi connectivity index (χ4v) is 1.96. The van der Waals surface area contributed by atoms with Gasteiger partial charge in [-0.3, -0.25) is 4.79 Å². The van der Waals surface area contributed by atoms with E-state index in [1.807, 2.05) is 0 Å². The van der Waals surface area contributed by atoms with Crippen LogP contribution in [0.5, 0.6) is 5.75 Å². The first-order valence-electron chi connectivity index (χ1n) is 5.51. The van der Waals surface area contributed by atoms with Gasteiger partial charge >= 0.3 is 12.3 Å². The summed E-state index contributed by atoms with van der Waals surface area (Å²) in [4.78, 5) is 11.2. The molecule has 0 saturated heterocycles. The number of benzene rings is 1. The lowest BCUT2D eigenvalue weighted by Gasteiger charge is -2.11. The van der Waals surface area contributed by atoms with Gasteiger partial charge in [0.05, 0.1) is 6.61 Å². The van der Waals surface area contributed by atoms with Gasteiger partial charge in [-0.2, -0.15) is 0 Å². The highest BCUT2D eigenvalue weighted by atomic mass is 79.9. The zero-order valence-electron chi connectivity index (χ0n) is 10.1. The standard InChI is InChI=1S/C12H12BrF3O3/c1-2-18-11(17)4-3-8-5-9(13)7-10(6-8)19-12(14,15)16/h5-7H,2-4H2,1H3. The summed E-state index contributed by atoms with van der Waals surface area (Å²) in [5, 5.41) is 0. The minimum Gasteiger partial charge on any atom is -0.466 e. The Morgan fingerprint density at radius 3 is 2.58 bits per heavy atom. The Balaban J connectivity index is 2.71. The zero-order valence-corrected chi connectivity index (χ0v) is 11.7. The first kappa shape index (κ1) is 15.8. The minimum absolute atomic E-state index is 0.107. The van der Waals surface area contributed by atoms with Crippen LogP contribution in [-0.4, -0.2) is 18.9 Å². The normalized spacial score (nSPS) is 11.2. The molecule has 3 nitrogen and oxygen atoms in total. The molecule has 106 valence electrons. The van der Waals surface area contributed by atoms with Crippen LogP contribution in [0.15, 0.2) is 22.7 Å². The molecule has 0 saturated carbocycles. The van der Waals surface area contributed by atoms with Crippen LogP contribution in [0.3, 0.4) is 0 Å². The van der Waals surface area contributed by atoms with Gasteiger partial charge in [0.25, 0.3) is 0 Å². The van der Waals surface area contributed by atoms with Gasteiger partial charge in [0.15, 0.2) is 0 Å². The van der Waals surface area contributed by atoms with Gasteiger partial charge in [0, 0.05) is 10.9 Å². The number of hydrogen-bond acceptors (Lipinski definition) is 3. The van der Waals surface area contributed by atoms with Crippen LogP contribution in [0.4, 0.5) is 13.2 Å². The van der Waals surface area contributed by atoms with Gasteiger partial charge in [-0.15, -0.1) is 13.2 Å². The number of halogens is 4. The molecule has 0 aliphatic heterocycles. The van der Waals surface area contributed by atoms with Crippen LogP contribution in [0.1, 0.15) is 18.9 Å². The predicted octanol–water partition coefficient (Wildman–Crippen LogP) is 3.84. The van der Waals surface area contributed by atoms with Gasteiger partial charge in [-0.05, 0) is 37.1 Å². The fraction of sp³-hybridized carbons (Fsp3) is 0.417. The van der Waals surface area contributed by atoms with Crippen LogP contribution in [0.2, 0.25) is 0 Å². The molecule has 0 atom stereocenters. The molecule has 0 fully saturated rings. The predicted molar refractivity (Wildman–Crippen MR) is 65.8 cm³/mol. The number of ether oxygens (including phenoxy) is 2. The third kappa shape index (κ3) is 6.47. The molecular formula is C12H12BrF3O3. The molecule has 1 aromatic rings. The van der Waals surface area contributed by atoms with E-state index < -0.39 is 6.36 Å². The molecule has 0 unspecified atom stereocenters. The number of rotatable bonds is 5. The molecule has 0 aliphatic carbocycles. The van der Waals surface area contributed by atoms with Crippen molar-refractivity contribution in [3.05, 3.63) is 28.2 Å². The van der Waals surface area contributed by atoms with Crippen molar-refractivity contribution in [1.29, 1.82) is 0 Å². The quantitative estimate of drug-likeness (QED) is 0.764. The van der Waals surface area contributed by atoms with E-state index in [-0.39, 0.29) is 31.2 Å². The molecule has 19 heavy (non-hydrogen) atoms. The van der Waals surface area contributed by atoms with Gasteiger partial charge in [-0.25, -0.2) is 0 Å². The summed E-state index contributed by atoms with van der Waals surface area (Å²) < 4.78 is 45.3. The number of alkyl halides is 3. The van der Waals surface area contributed by atoms with E-state index >= 15 is 0 Å². The van der Waals surface area contributed by atoms with E-state index in [1.54, 1.807) is 13.0 Å². The Labute approximate surface area is 116 Å². The topological polar surface area (TPSA) is 35.5 Å². The summed E-state index contributed by atoms with van der Waals surface area (Å²) in [5.74, 6) is -0.707. The van der Waals surface area contributed by atoms with E-state index in [9.17, 15) is 18.0 Å². The van der Waals surface area contributed by atoms with Crippen LogP contribution in [0.25, 0.3) is 0 Å². The summed E-state index contributed by atoms with van der Waals surface area (Å²) in [5.41, 5.74) is 0.557. The summed E-state index contributed by atoms with van der Waals surface area (Å²) in [6.45, 7) is 1.96. The van der Waals surface area contributed by atoms with E-state index in [4.69, 9.17) is 4.74 Å². The molecule has 0 heterocycles. The Morgan fingerprint density at radius 2 is 2.00 bits per heavy atom. The SMILES string of the molecule is CCOC(=O)CCc1cc(Br)cc(OC(F)(F)F)c1. The van der Waals surface area contributed by atoms with E-state index in [1.165, 1.54) is 12.1 Å². The van der Waals surface area contributed by atoms with Crippen LogP contribution in [-0.2, 0) is 16.0 Å². The van der Waals surface area contributed by atoms with Crippen molar-refractivity contribution < 1.29 is 27.4 Å². The number of esters is 1. The number of carbonyl (C=O) groups excluding carboxylic acids is 1. The first-order chi connectivity index (χ1) is 8.80. The lowest BCUT2D eigenvalue weighted by molar-refractivity contribution is -0.274. The molecule has 0 N–H and O–H groups in total. The lowest BCUT2D eigenvalue weighted by atomic mass is 10.1. The van der Waals surface area contributed by atoms with Crippen LogP contribution < -0.4 is 4.74 Å². The maximum absolute atomic E-state index is 12.1. The number of aryl methyl sites for hydroxylation is 1. The maximum atomic E-state index is 12.1. The second kappa shape index (κ2) is 6.79. The second-order valence-electron chi connectivity index (χ2n) is 3.65. The molecule has 0 spiro atoms. The third-order valence-corrected chi connectivity index (χ3v) is 2.55. The van der Waals surface area contributed by atoms with Crippen molar-refractivity contribution in [2.75, 3.05) is 6.61 Å². The second-order valence-corrected chi connectivity index (χ2v) is 4.56. The largest absolute Gasteiger partial charge is 0.573 e. The highest BCUT2D eigenvalue weighted by Gasteiger charge is 2.31. The Hall–Kier alpha value is -1.24. The van der Waals surface area contributed by atoms with Gasteiger partial charge < -0.3 is 9.47 Å². The van der Waals surface area contributed by atoms with Crippen LogP contribution in [0, 0.1) is 0 Å². The van der Waals surface area contributed by atoms with Crippen molar-refractivity contribution >= 4 is 21.9 Å². The number of carbonyl (C=O) groups is 1. The Kier molecular flexibility index (Phi) is 5.65. The smallest absolute Gasteiger partial charge is 0.466 e. The monoisotopic (exact) mass is 340 g/mol. The lowest BCUT2D eigenvalue weighted by Crippen LogP contribution is -2.17. The van der Waals surface area contributed by atoms with Crippen molar-refractivity contribution in [2.45, 2.75) is 26.1 Å². The van der Waals surface area contributed by atoms with Gasteiger partial charge in [-0.1, -0.05) is 15.9 Å². The number of hydrogen-bond donors (Lipinski definition) is 0. The van der Waals surface area contributed by atoms with Crippen molar-refractivity contribution in [3.8, 4) is 5.75 Å². The molecule has 0 aromatic heterocycles. The maximum Gasteiger partial charge on any atom is 0.573 e. The van der Waals surface area contributed by atoms with E-state index in [2.05, 4.69) is 20.7 Å². The summed E-state index contributed by atoms with van der Waals surface area (Å²) >= 11 is 3.09. The third-order valence-electron chi connectivity index (χ3n) is 2.09. The molecule has 0 radical (unpaired) electrons. The minimum atomic E-state index is -4.74. The molecule has 1 aromatic carbocycles.